The highest BCUT2D eigenvalue weighted by Crippen LogP contribution is 2.17. The summed E-state index contributed by atoms with van der Waals surface area (Å²) in [7, 11) is 1.65. The fourth-order valence-electron chi connectivity index (χ4n) is 1.20. The molecule has 14 heavy (non-hydrogen) atoms. The highest BCUT2D eigenvalue weighted by Gasteiger charge is 2.16. The lowest BCUT2D eigenvalue weighted by molar-refractivity contribution is -0.139. The molecule has 2 N–H and O–H groups in total. The van der Waals surface area contributed by atoms with Crippen LogP contribution in [0.3, 0.4) is 0 Å². The van der Waals surface area contributed by atoms with Gasteiger partial charge in [0.05, 0.1) is 0 Å². The van der Waals surface area contributed by atoms with E-state index in [1.807, 2.05) is 24.3 Å². The van der Waals surface area contributed by atoms with Crippen LogP contribution in [0.1, 0.15) is 5.56 Å². The van der Waals surface area contributed by atoms with Crippen molar-refractivity contribution in [2.45, 2.75) is 12.5 Å². The maximum Gasteiger partial charge on any atom is 0.321 e. The quantitative estimate of drug-likeness (QED) is 0.863. The van der Waals surface area contributed by atoms with Crippen LogP contribution in [0.25, 0.3) is 0 Å². The van der Waals surface area contributed by atoms with Gasteiger partial charge in [0, 0.05) is 4.47 Å². The minimum absolute atomic E-state index is 0.479. The van der Waals surface area contributed by atoms with Crippen molar-refractivity contribution in [2.24, 2.45) is 0 Å². The van der Waals surface area contributed by atoms with Crippen molar-refractivity contribution < 1.29 is 9.90 Å². The second kappa shape index (κ2) is 5.12. The number of rotatable bonds is 4. The molecule has 0 aromatic heterocycles. The molecule has 1 aromatic carbocycles. The summed E-state index contributed by atoms with van der Waals surface area (Å²) in [6.45, 7) is 0. The molecule has 0 amide bonds. The monoisotopic (exact) mass is 257 g/mol. The molecule has 1 aromatic rings. The smallest absolute Gasteiger partial charge is 0.321 e. The SMILES string of the molecule is CN[C@H](Cc1ccccc1Br)C(=O)O. The van der Waals surface area contributed by atoms with E-state index < -0.39 is 12.0 Å². The molecule has 0 unspecified atom stereocenters. The summed E-state index contributed by atoms with van der Waals surface area (Å²) in [4.78, 5) is 10.8. The molecule has 0 spiro atoms. The van der Waals surface area contributed by atoms with Gasteiger partial charge in [-0.15, -0.1) is 0 Å². The van der Waals surface area contributed by atoms with Gasteiger partial charge in [0.1, 0.15) is 6.04 Å². The van der Waals surface area contributed by atoms with E-state index in [4.69, 9.17) is 5.11 Å². The first-order chi connectivity index (χ1) is 6.65. The van der Waals surface area contributed by atoms with Crippen LogP contribution in [-0.4, -0.2) is 24.2 Å². The second-order valence-corrected chi connectivity index (χ2v) is 3.83. The molecule has 0 saturated carbocycles. The number of aliphatic carboxylic acids is 1. The van der Waals surface area contributed by atoms with E-state index in [2.05, 4.69) is 21.2 Å². The van der Waals surface area contributed by atoms with Gasteiger partial charge in [-0.1, -0.05) is 34.1 Å². The number of benzene rings is 1. The molecule has 0 bridgehead atoms. The minimum Gasteiger partial charge on any atom is -0.480 e. The van der Waals surface area contributed by atoms with Crippen molar-refractivity contribution in [3.8, 4) is 0 Å². The van der Waals surface area contributed by atoms with Crippen LogP contribution in [0, 0.1) is 0 Å². The molecule has 4 heteroatoms. The number of halogens is 1. The first-order valence-corrected chi connectivity index (χ1v) is 5.08. The molecule has 3 nitrogen and oxygen atoms in total. The van der Waals surface area contributed by atoms with Gasteiger partial charge in [-0.2, -0.15) is 0 Å². The lowest BCUT2D eigenvalue weighted by atomic mass is 10.1. The largest absolute Gasteiger partial charge is 0.480 e. The number of carbonyl (C=O) groups is 1. The first kappa shape index (κ1) is 11.2. The molecule has 0 radical (unpaired) electrons. The topological polar surface area (TPSA) is 49.3 Å². The summed E-state index contributed by atoms with van der Waals surface area (Å²) in [5.74, 6) is -0.830. The highest BCUT2D eigenvalue weighted by molar-refractivity contribution is 9.10. The molecule has 0 aliphatic heterocycles. The van der Waals surface area contributed by atoms with Gasteiger partial charge < -0.3 is 10.4 Å². The highest BCUT2D eigenvalue weighted by atomic mass is 79.9. The van der Waals surface area contributed by atoms with Crippen molar-refractivity contribution in [1.82, 2.24) is 5.32 Å². The molecular weight excluding hydrogens is 246 g/mol. The second-order valence-electron chi connectivity index (χ2n) is 2.98. The maximum absolute atomic E-state index is 10.8. The van der Waals surface area contributed by atoms with Crippen LogP contribution >= 0.6 is 15.9 Å². The van der Waals surface area contributed by atoms with Crippen molar-refractivity contribution in [1.29, 1.82) is 0 Å². The number of hydrogen-bond acceptors (Lipinski definition) is 2. The van der Waals surface area contributed by atoms with E-state index in [0.717, 1.165) is 10.0 Å². The van der Waals surface area contributed by atoms with Crippen molar-refractivity contribution in [3.05, 3.63) is 34.3 Å². The van der Waals surface area contributed by atoms with E-state index in [0.29, 0.717) is 6.42 Å². The molecular formula is C10H12BrNO2. The molecule has 0 heterocycles. The Hall–Kier alpha value is -0.870. The van der Waals surface area contributed by atoms with Gasteiger partial charge in [-0.05, 0) is 25.1 Å². The van der Waals surface area contributed by atoms with Gasteiger partial charge in [-0.25, -0.2) is 0 Å². The van der Waals surface area contributed by atoms with Gasteiger partial charge in [-0.3, -0.25) is 4.79 Å². The summed E-state index contributed by atoms with van der Waals surface area (Å²) >= 11 is 3.38. The Kier molecular flexibility index (Phi) is 4.10. The van der Waals surface area contributed by atoms with Gasteiger partial charge in [0.2, 0.25) is 0 Å². The van der Waals surface area contributed by atoms with Crippen LogP contribution < -0.4 is 5.32 Å². The standard InChI is InChI=1S/C10H12BrNO2/c1-12-9(10(13)14)6-7-4-2-3-5-8(7)11/h2-5,9,12H,6H2,1H3,(H,13,14)/t9-/m1/s1. The molecule has 0 aliphatic carbocycles. The first-order valence-electron chi connectivity index (χ1n) is 4.28. The van der Waals surface area contributed by atoms with Crippen LogP contribution in [0.5, 0.6) is 0 Å². The van der Waals surface area contributed by atoms with Gasteiger partial charge in [0.25, 0.3) is 0 Å². The van der Waals surface area contributed by atoms with Gasteiger partial charge >= 0.3 is 5.97 Å². The average Bonchev–Trinajstić information content (AvgIpc) is 2.16. The summed E-state index contributed by atoms with van der Waals surface area (Å²) in [6, 6.07) is 7.09. The van der Waals surface area contributed by atoms with E-state index in [1.165, 1.54) is 0 Å². The van der Waals surface area contributed by atoms with E-state index in [-0.39, 0.29) is 0 Å². The predicted molar refractivity (Wildman–Crippen MR) is 58.3 cm³/mol. The number of carboxylic acids is 1. The fraction of sp³-hybridized carbons (Fsp3) is 0.300. The zero-order valence-corrected chi connectivity index (χ0v) is 9.41. The lowest BCUT2D eigenvalue weighted by Crippen LogP contribution is -2.35. The lowest BCUT2D eigenvalue weighted by Gasteiger charge is -2.11. The number of likely N-dealkylation sites (N-methyl/N-ethyl adjacent to an activating group) is 1. The molecule has 76 valence electrons. The molecule has 0 saturated heterocycles. The van der Waals surface area contributed by atoms with Crippen molar-refractivity contribution >= 4 is 21.9 Å². The summed E-state index contributed by atoms with van der Waals surface area (Å²) < 4.78 is 0.946. The number of nitrogens with one attached hydrogen (secondary N) is 1. The Balaban J connectivity index is 2.77. The Labute approximate surface area is 91.3 Å². The zero-order valence-electron chi connectivity index (χ0n) is 7.83. The predicted octanol–water partition coefficient (Wildman–Crippen LogP) is 1.66. The van der Waals surface area contributed by atoms with Crippen LogP contribution in [0.4, 0.5) is 0 Å². The third-order valence-electron chi connectivity index (χ3n) is 2.03. The molecule has 0 fully saturated rings. The Morgan fingerprint density at radius 1 is 1.57 bits per heavy atom. The molecule has 0 aliphatic rings. The molecule has 1 atom stereocenters. The Morgan fingerprint density at radius 2 is 2.21 bits per heavy atom. The zero-order chi connectivity index (χ0) is 10.6. The van der Waals surface area contributed by atoms with Gasteiger partial charge in [0.15, 0.2) is 0 Å². The summed E-state index contributed by atoms with van der Waals surface area (Å²) in [5.41, 5.74) is 0.995. The molecule has 1 rings (SSSR count). The summed E-state index contributed by atoms with van der Waals surface area (Å²) in [6.07, 6.45) is 0.479. The fourth-order valence-corrected chi connectivity index (χ4v) is 1.64. The van der Waals surface area contributed by atoms with Crippen LogP contribution in [-0.2, 0) is 11.2 Å². The van der Waals surface area contributed by atoms with Crippen molar-refractivity contribution in [2.75, 3.05) is 7.05 Å². The third-order valence-corrected chi connectivity index (χ3v) is 2.80. The Morgan fingerprint density at radius 3 is 2.71 bits per heavy atom. The van der Waals surface area contributed by atoms with E-state index >= 15 is 0 Å². The minimum atomic E-state index is -0.830. The van der Waals surface area contributed by atoms with Crippen LogP contribution in [0.2, 0.25) is 0 Å². The average molecular weight is 258 g/mol. The van der Waals surface area contributed by atoms with E-state index in [9.17, 15) is 4.79 Å². The number of hydrogen-bond donors (Lipinski definition) is 2. The normalized spacial score (nSPS) is 12.4. The maximum atomic E-state index is 10.8. The number of carboxylic acid groups (broad SMARTS) is 1. The Bertz CT molecular complexity index is 328. The van der Waals surface area contributed by atoms with E-state index in [1.54, 1.807) is 7.05 Å². The van der Waals surface area contributed by atoms with Crippen LogP contribution in [0.15, 0.2) is 28.7 Å². The summed E-state index contributed by atoms with van der Waals surface area (Å²) in [5, 5.41) is 11.6. The van der Waals surface area contributed by atoms with Crippen molar-refractivity contribution in [3.63, 3.8) is 0 Å². The third kappa shape index (κ3) is 2.82.